The molecule has 0 amide bonds. The van der Waals surface area contributed by atoms with Crippen LogP contribution in [0.15, 0.2) is 51.6 Å². The molecule has 1 saturated heterocycles. The third kappa shape index (κ3) is 3.63. The van der Waals surface area contributed by atoms with Gasteiger partial charge >= 0.3 is 0 Å². The zero-order valence-electron chi connectivity index (χ0n) is 13.0. The van der Waals surface area contributed by atoms with Crippen LogP contribution >= 0.6 is 38.6 Å². The lowest BCUT2D eigenvalue weighted by Gasteiger charge is -2.31. The number of aromatic nitrogens is 1. The van der Waals surface area contributed by atoms with Crippen LogP contribution in [0.5, 0.6) is 0 Å². The summed E-state index contributed by atoms with van der Waals surface area (Å²) >= 11 is 7.00. The fourth-order valence-electron chi connectivity index (χ4n) is 2.85. The molecule has 3 heterocycles. The van der Waals surface area contributed by atoms with Gasteiger partial charge in [0.25, 0.3) is 0 Å². The molecule has 2 aromatic heterocycles. The van der Waals surface area contributed by atoms with Crippen molar-refractivity contribution in [3.05, 3.63) is 62.2 Å². The highest BCUT2D eigenvalue weighted by Crippen LogP contribution is 2.36. The minimum Gasteiger partial charge on any atom is -0.368 e. The predicted octanol–water partition coefficient (Wildman–Crippen LogP) is 5.21. The van der Waals surface area contributed by atoms with E-state index in [2.05, 4.69) is 68.0 Å². The summed E-state index contributed by atoms with van der Waals surface area (Å²) in [7, 11) is 0. The van der Waals surface area contributed by atoms with E-state index in [0.717, 1.165) is 41.4 Å². The Morgan fingerprint density at radius 1 is 1.21 bits per heavy atom. The highest BCUT2D eigenvalue weighted by Gasteiger charge is 2.25. The van der Waals surface area contributed by atoms with Crippen LogP contribution in [0.4, 0.5) is 0 Å². The summed E-state index contributed by atoms with van der Waals surface area (Å²) in [6.45, 7) is 3.60. The fourth-order valence-corrected chi connectivity index (χ4v) is 5.31. The third-order valence-electron chi connectivity index (χ3n) is 4.05. The van der Waals surface area contributed by atoms with Gasteiger partial charge in [-0.3, -0.25) is 4.90 Å². The minimum atomic E-state index is 0.0694. The highest BCUT2D eigenvalue weighted by molar-refractivity contribution is 9.10. The Morgan fingerprint density at radius 2 is 2.08 bits per heavy atom. The average molecular weight is 421 g/mol. The van der Waals surface area contributed by atoms with Gasteiger partial charge in [0.1, 0.15) is 11.1 Å². The first-order valence-electron chi connectivity index (χ1n) is 7.86. The van der Waals surface area contributed by atoms with Crippen molar-refractivity contribution >= 4 is 38.6 Å². The Kier molecular flexibility index (Phi) is 5.10. The smallest absolute Gasteiger partial charge is 0.124 e. The minimum absolute atomic E-state index is 0.0694. The number of rotatable bonds is 4. The van der Waals surface area contributed by atoms with Gasteiger partial charge in [0.2, 0.25) is 0 Å². The molecule has 0 bridgehead atoms. The molecule has 24 heavy (non-hydrogen) atoms. The van der Waals surface area contributed by atoms with E-state index in [4.69, 9.17) is 9.72 Å². The molecule has 0 spiro atoms. The summed E-state index contributed by atoms with van der Waals surface area (Å²) in [5.74, 6) is 0. The van der Waals surface area contributed by atoms with E-state index in [-0.39, 0.29) is 6.10 Å². The van der Waals surface area contributed by atoms with Crippen LogP contribution in [0.25, 0.3) is 10.6 Å². The molecule has 0 N–H and O–H groups in total. The van der Waals surface area contributed by atoms with Crippen LogP contribution in [0.2, 0.25) is 0 Å². The second-order valence-corrected chi connectivity index (χ2v) is 8.41. The number of thiophene rings is 1. The summed E-state index contributed by atoms with van der Waals surface area (Å²) in [6.07, 6.45) is 0.0694. The van der Waals surface area contributed by atoms with Crippen LogP contribution < -0.4 is 0 Å². The van der Waals surface area contributed by atoms with Crippen molar-refractivity contribution in [2.45, 2.75) is 12.6 Å². The summed E-state index contributed by atoms with van der Waals surface area (Å²) < 4.78 is 7.10. The van der Waals surface area contributed by atoms with E-state index in [0.29, 0.717) is 0 Å². The Morgan fingerprint density at radius 3 is 2.88 bits per heavy atom. The molecule has 3 nitrogen and oxygen atoms in total. The van der Waals surface area contributed by atoms with Crippen LogP contribution in [-0.4, -0.2) is 29.6 Å². The molecule has 3 aromatic rings. The summed E-state index contributed by atoms with van der Waals surface area (Å²) in [4.78, 5) is 8.47. The van der Waals surface area contributed by atoms with Crippen LogP contribution in [0, 0.1) is 0 Å². The topological polar surface area (TPSA) is 25.4 Å². The molecule has 124 valence electrons. The molecule has 1 aliphatic rings. The molecule has 1 atom stereocenters. The Labute approximate surface area is 158 Å². The van der Waals surface area contributed by atoms with Gasteiger partial charge in [-0.05, 0) is 32.9 Å². The number of hydrogen-bond acceptors (Lipinski definition) is 5. The molecular weight excluding hydrogens is 404 g/mol. The van der Waals surface area contributed by atoms with Crippen molar-refractivity contribution < 1.29 is 4.74 Å². The van der Waals surface area contributed by atoms with Gasteiger partial charge in [-0.2, -0.15) is 0 Å². The number of morpholine rings is 1. The van der Waals surface area contributed by atoms with Gasteiger partial charge in [0, 0.05) is 29.5 Å². The van der Waals surface area contributed by atoms with Gasteiger partial charge in [-0.15, -0.1) is 22.7 Å². The molecule has 6 heteroatoms. The number of benzene rings is 1. The quantitative estimate of drug-likeness (QED) is 0.579. The number of ether oxygens (including phenoxy) is 1. The lowest BCUT2D eigenvalue weighted by molar-refractivity contribution is -0.0329. The predicted molar refractivity (Wildman–Crippen MR) is 104 cm³/mol. The zero-order valence-corrected chi connectivity index (χ0v) is 16.2. The third-order valence-corrected chi connectivity index (χ3v) is 6.84. The monoisotopic (exact) mass is 420 g/mol. The second kappa shape index (κ2) is 7.45. The maximum absolute atomic E-state index is 5.99. The van der Waals surface area contributed by atoms with Gasteiger partial charge in [0.05, 0.1) is 17.2 Å². The van der Waals surface area contributed by atoms with E-state index in [1.54, 1.807) is 22.7 Å². The number of thiazole rings is 1. The summed E-state index contributed by atoms with van der Waals surface area (Å²) in [5.41, 5.74) is 2.39. The largest absolute Gasteiger partial charge is 0.368 e. The SMILES string of the molecule is Brc1ccsc1-c1csc([C@@H]2CN(Cc3ccccc3)CCO2)n1. The van der Waals surface area contributed by atoms with Gasteiger partial charge in [-0.25, -0.2) is 4.98 Å². The maximum atomic E-state index is 5.99. The van der Waals surface area contributed by atoms with E-state index < -0.39 is 0 Å². The lowest BCUT2D eigenvalue weighted by Crippen LogP contribution is -2.37. The molecule has 0 aliphatic carbocycles. The molecular formula is C18H17BrN2OS2. The number of hydrogen-bond donors (Lipinski definition) is 0. The second-order valence-electron chi connectivity index (χ2n) is 5.75. The van der Waals surface area contributed by atoms with E-state index in [1.165, 1.54) is 10.4 Å². The Bertz CT molecular complexity index is 802. The van der Waals surface area contributed by atoms with Crippen molar-refractivity contribution in [1.82, 2.24) is 9.88 Å². The highest BCUT2D eigenvalue weighted by atomic mass is 79.9. The van der Waals surface area contributed by atoms with Crippen LogP contribution in [0.1, 0.15) is 16.7 Å². The van der Waals surface area contributed by atoms with Crippen LogP contribution in [0.3, 0.4) is 0 Å². The lowest BCUT2D eigenvalue weighted by atomic mass is 10.2. The Hall–Kier alpha value is -1.05. The van der Waals surface area contributed by atoms with Gasteiger partial charge in [-0.1, -0.05) is 30.3 Å². The Balaban J connectivity index is 1.46. The molecule has 1 fully saturated rings. The molecule has 0 saturated carbocycles. The van der Waals surface area contributed by atoms with Crippen molar-refractivity contribution in [3.63, 3.8) is 0 Å². The van der Waals surface area contributed by atoms with E-state index in [9.17, 15) is 0 Å². The maximum Gasteiger partial charge on any atom is 0.124 e. The summed E-state index contributed by atoms with van der Waals surface area (Å²) in [5, 5.41) is 5.28. The first-order valence-corrected chi connectivity index (χ1v) is 10.4. The van der Waals surface area contributed by atoms with E-state index in [1.807, 2.05) is 0 Å². The first kappa shape index (κ1) is 16.4. The van der Waals surface area contributed by atoms with E-state index >= 15 is 0 Å². The van der Waals surface area contributed by atoms with Crippen molar-refractivity contribution in [1.29, 1.82) is 0 Å². The fraction of sp³-hybridized carbons (Fsp3) is 0.278. The molecule has 0 radical (unpaired) electrons. The van der Waals surface area contributed by atoms with Crippen LogP contribution in [-0.2, 0) is 11.3 Å². The molecule has 1 aliphatic heterocycles. The molecule has 0 unspecified atom stereocenters. The van der Waals surface area contributed by atoms with Gasteiger partial charge < -0.3 is 4.74 Å². The standard InChI is InChI=1S/C18H17BrN2OS2/c19-14-6-9-23-17(14)15-12-24-18(20-15)16-11-21(7-8-22-16)10-13-4-2-1-3-5-13/h1-6,9,12,16H,7-8,10-11H2/t16-/m0/s1. The first-order chi connectivity index (χ1) is 11.8. The summed E-state index contributed by atoms with van der Waals surface area (Å²) in [6, 6.07) is 12.7. The zero-order chi connectivity index (χ0) is 16.4. The van der Waals surface area contributed by atoms with Crippen molar-refractivity contribution in [3.8, 4) is 10.6 Å². The normalized spacial score (nSPS) is 18.8. The van der Waals surface area contributed by atoms with Gasteiger partial charge in [0.15, 0.2) is 0 Å². The number of halogens is 1. The molecule has 1 aromatic carbocycles. The molecule has 4 rings (SSSR count). The van der Waals surface area contributed by atoms with Crippen molar-refractivity contribution in [2.24, 2.45) is 0 Å². The van der Waals surface area contributed by atoms with Crippen molar-refractivity contribution in [2.75, 3.05) is 19.7 Å². The number of nitrogens with zero attached hydrogens (tertiary/aromatic N) is 2. The average Bonchev–Trinajstić information content (AvgIpc) is 3.25.